The number of halogens is 2. The van der Waals surface area contributed by atoms with Crippen molar-refractivity contribution >= 4 is 50.3 Å². The molecule has 7 heteroatoms. The average molecular weight is 428 g/mol. The van der Waals surface area contributed by atoms with E-state index in [1.807, 2.05) is 12.1 Å². The van der Waals surface area contributed by atoms with Crippen molar-refractivity contribution in [3.63, 3.8) is 0 Å². The third-order valence-electron chi connectivity index (χ3n) is 4.90. The first-order valence-corrected chi connectivity index (χ1v) is 9.49. The molecule has 0 spiro atoms. The Labute approximate surface area is 159 Å². The lowest BCUT2D eigenvalue weighted by molar-refractivity contribution is -0.146. The van der Waals surface area contributed by atoms with Crippen LogP contribution in [0, 0.1) is 11.8 Å². The molecule has 5 nitrogen and oxygen atoms in total. The summed E-state index contributed by atoms with van der Waals surface area (Å²) in [6, 6.07) is 3.79. The highest BCUT2D eigenvalue weighted by Gasteiger charge is 2.27. The highest BCUT2D eigenvalue weighted by atomic mass is 79.9. The van der Waals surface area contributed by atoms with Crippen molar-refractivity contribution in [2.75, 3.05) is 13.7 Å². The van der Waals surface area contributed by atoms with Gasteiger partial charge in [0.1, 0.15) is 0 Å². The van der Waals surface area contributed by atoms with Gasteiger partial charge in [-0.3, -0.25) is 9.59 Å². The van der Waals surface area contributed by atoms with Gasteiger partial charge in [0, 0.05) is 22.6 Å². The number of methoxy groups -OCH3 is 1. The molecular formula is C18H20BrClN2O3. The van der Waals surface area contributed by atoms with Crippen LogP contribution in [0.4, 0.5) is 0 Å². The van der Waals surface area contributed by atoms with Crippen LogP contribution in [-0.4, -0.2) is 30.5 Å². The van der Waals surface area contributed by atoms with Gasteiger partial charge in [0.2, 0.25) is 0 Å². The van der Waals surface area contributed by atoms with E-state index in [-0.39, 0.29) is 17.8 Å². The first-order valence-electron chi connectivity index (χ1n) is 8.32. The van der Waals surface area contributed by atoms with Gasteiger partial charge < -0.3 is 15.0 Å². The summed E-state index contributed by atoms with van der Waals surface area (Å²) in [6.45, 7) is 0.581. The standard InChI is InChI=1S/C18H20BrClN2O3/c1-25-18(24)11-4-2-10(3-5-11)9-22-17(23)14-15(20)13(19)8-12-6-7-21-16(12)14/h6-8,10-11,21H,2-5,9H2,1H3,(H,22,23). The predicted octanol–water partition coefficient (Wildman–Crippen LogP) is 4.29. The molecule has 0 radical (unpaired) electrons. The summed E-state index contributed by atoms with van der Waals surface area (Å²) in [5.74, 6) is 0.0521. The molecule has 1 aliphatic rings. The molecule has 0 atom stereocenters. The molecule has 3 rings (SSSR count). The van der Waals surface area contributed by atoms with Crippen LogP contribution >= 0.6 is 27.5 Å². The molecule has 2 aromatic rings. The van der Waals surface area contributed by atoms with E-state index in [2.05, 4.69) is 26.2 Å². The summed E-state index contributed by atoms with van der Waals surface area (Å²) in [7, 11) is 1.43. The third kappa shape index (κ3) is 3.85. The number of carbonyl (C=O) groups excluding carboxylic acids is 2. The molecule has 0 aliphatic heterocycles. The zero-order valence-electron chi connectivity index (χ0n) is 13.9. The van der Waals surface area contributed by atoms with Crippen molar-refractivity contribution < 1.29 is 14.3 Å². The highest BCUT2D eigenvalue weighted by Crippen LogP contribution is 2.33. The molecule has 1 heterocycles. The zero-order chi connectivity index (χ0) is 18.0. The minimum Gasteiger partial charge on any atom is -0.469 e. The second kappa shape index (κ2) is 7.79. The van der Waals surface area contributed by atoms with Crippen LogP contribution in [0.3, 0.4) is 0 Å². The normalized spacial score (nSPS) is 20.4. The number of carbonyl (C=O) groups is 2. The Balaban J connectivity index is 1.64. The van der Waals surface area contributed by atoms with E-state index in [1.165, 1.54) is 7.11 Å². The number of rotatable bonds is 4. The zero-order valence-corrected chi connectivity index (χ0v) is 16.2. The van der Waals surface area contributed by atoms with E-state index in [1.54, 1.807) is 6.20 Å². The maximum atomic E-state index is 12.7. The molecular weight excluding hydrogens is 408 g/mol. The van der Waals surface area contributed by atoms with E-state index in [9.17, 15) is 9.59 Å². The number of aromatic amines is 1. The molecule has 0 bridgehead atoms. The quantitative estimate of drug-likeness (QED) is 0.715. The number of aromatic nitrogens is 1. The SMILES string of the molecule is COC(=O)C1CCC(CNC(=O)c2c(Cl)c(Br)cc3cc[nH]c23)CC1. The van der Waals surface area contributed by atoms with E-state index < -0.39 is 0 Å². The summed E-state index contributed by atoms with van der Waals surface area (Å²) in [6.07, 6.45) is 5.23. The molecule has 1 amide bonds. The lowest BCUT2D eigenvalue weighted by atomic mass is 9.82. The third-order valence-corrected chi connectivity index (χ3v) is 6.15. The Morgan fingerprint density at radius 3 is 2.76 bits per heavy atom. The fourth-order valence-corrected chi connectivity index (χ4v) is 4.13. The Kier molecular flexibility index (Phi) is 5.69. The van der Waals surface area contributed by atoms with E-state index in [0.717, 1.165) is 36.6 Å². The van der Waals surface area contributed by atoms with Gasteiger partial charge in [0.15, 0.2) is 0 Å². The van der Waals surface area contributed by atoms with Crippen LogP contribution in [0.25, 0.3) is 10.9 Å². The number of hydrogen-bond acceptors (Lipinski definition) is 3. The second-order valence-corrected chi connectivity index (χ2v) is 7.67. The molecule has 25 heavy (non-hydrogen) atoms. The number of benzene rings is 1. The maximum absolute atomic E-state index is 12.7. The van der Waals surface area contributed by atoms with Gasteiger partial charge >= 0.3 is 5.97 Å². The number of esters is 1. The average Bonchev–Trinajstić information content (AvgIpc) is 3.08. The van der Waals surface area contributed by atoms with Gasteiger partial charge in [-0.25, -0.2) is 0 Å². The van der Waals surface area contributed by atoms with Gasteiger partial charge in [-0.1, -0.05) is 11.6 Å². The number of hydrogen-bond donors (Lipinski definition) is 2. The van der Waals surface area contributed by atoms with Crippen LogP contribution < -0.4 is 5.32 Å². The largest absolute Gasteiger partial charge is 0.469 e. The van der Waals surface area contributed by atoms with Crippen molar-refractivity contribution in [3.05, 3.63) is 33.4 Å². The van der Waals surface area contributed by atoms with Crippen LogP contribution in [0.2, 0.25) is 5.02 Å². The van der Waals surface area contributed by atoms with Crippen molar-refractivity contribution in [3.8, 4) is 0 Å². The number of H-pyrrole nitrogens is 1. The summed E-state index contributed by atoms with van der Waals surface area (Å²) < 4.78 is 5.51. The first-order chi connectivity index (χ1) is 12.0. The number of nitrogens with one attached hydrogen (secondary N) is 2. The minimum atomic E-state index is -0.186. The molecule has 0 unspecified atom stereocenters. The van der Waals surface area contributed by atoms with Crippen LogP contribution in [-0.2, 0) is 9.53 Å². The second-order valence-electron chi connectivity index (χ2n) is 6.44. The molecule has 2 N–H and O–H groups in total. The molecule has 0 saturated heterocycles. The van der Waals surface area contributed by atoms with Crippen LogP contribution in [0.1, 0.15) is 36.0 Å². The van der Waals surface area contributed by atoms with Crippen molar-refractivity contribution in [1.82, 2.24) is 10.3 Å². The summed E-state index contributed by atoms with van der Waals surface area (Å²) in [5, 5.41) is 4.33. The van der Waals surface area contributed by atoms with E-state index >= 15 is 0 Å². The monoisotopic (exact) mass is 426 g/mol. The smallest absolute Gasteiger partial charge is 0.308 e. The fraction of sp³-hybridized carbons (Fsp3) is 0.444. The van der Waals surface area contributed by atoms with E-state index in [4.69, 9.17) is 16.3 Å². The van der Waals surface area contributed by atoms with Crippen LogP contribution in [0.5, 0.6) is 0 Å². The Bertz CT molecular complexity index is 797. The Morgan fingerprint density at radius 2 is 2.08 bits per heavy atom. The van der Waals surface area contributed by atoms with Gasteiger partial charge in [-0.15, -0.1) is 0 Å². The molecule has 1 fully saturated rings. The van der Waals surface area contributed by atoms with Crippen molar-refractivity contribution in [2.24, 2.45) is 11.8 Å². The number of ether oxygens (including phenoxy) is 1. The summed E-state index contributed by atoms with van der Waals surface area (Å²) in [5.41, 5.74) is 1.19. The van der Waals surface area contributed by atoms with Crippen LogP contribution in [0.15, 0.2) is 22.8 Å². The number of fused-ring (bicyclic) bond motifs is 1. The Morgan fingerprint density at radius 1 is 1.36 bits per heavy atom. The van der Waals surface area contributed by atoms with Crippen molar-refractivity contribution in [1.29, 1.82) is 0 Å². The molecule has 1 aromatic carbocycles. The van der Waals surface area contributed by atoms with Gasteiger partial charge in [-0.05, 0) is 59.7 Å². The van der Waals surface area contributed by atoms with Crippen molar-refractivity contribution in [2.45, 2.75) is 25.7 Å². The summed E-state index contributed by atoms with van der Waals surface area (Å²) >= 11 is 9.74. The lowest BCUT2D eigenvalue weighted by Gasteiger charge is -2.27. The fourth-order valence-electron chi connectivity index (χ4n) is 3.45. The maximum Gasteiger partial charge on any atom is 0.308 e. The van der Waals surface area contributed by atoms with Gasteiger partial charge in [-0.2, -0.15) is 0 Å². The van der Waals surface area contributed by atoms with E-state index in [0.29, 0.717) is 27.5 Å². The minimum absolute atomic E-state index is 0.00461. The first kappa shape index (κ1) is 18.3. The number of amides is 1. The topological polar surface area (TPSA) is 71.2 Å². The predicted molar refractivity (Wildman–Crippen MR) is 101 cm³/mol. The Hall–Kier alpha value is -1.53. The van der Waals surface area contributed by atoms with Gasteiger partial charge in [0.25, 0.3) is 5.91 Å². The molecule has 1 aromatic heterocycles. The van der Waals surface area contributed by atoms with Gasteiger partial charge in [0.05, 0.1) is 29.1 Å². The molecule has 134 valence electrons. The summed E-state index contributed by atoms with van der Waals surface area (Å²) in [4.78, 5) is 27.3. The lowest BCUT2D eigenvalue weighted by Crippen LogP contribution is -2.33. The molecule has 1 aliphatic carbocycles. The molecule has 1 saturated carbocycles. The highest BCUT2D eigenvalue weighted by molar-refractivity contribution is 9.10.